The van der Waals surface area contributed by atoms with Crippen LogP contribution in [-0.4, -0.2) is 39.9 Å². The summed E-state index contributed by atoms with van der Waals surface area (Å²) in [5, 5.41) is 14.6. The summed E-state index contributed by atoms with van der Waals surface area (Å²) in [6.45, 7) is 9.59. The molecule has 130 valence electrons. The van der Waals surface area contributed by atoms with Crippen LogP contribution in [0.3, 0.4) is 0 Å². The van der Waals surface area contributed by atoms with Crippen LogP contribution in [0.1, 0.15) is 59.3 Å². The second-order valence-electron chi connectivity index (χ2n) is 7.25. The van der Waals surface area contributed by atoms with Gasteiger partial charge in [-0.2, -0.15) is 0 Å². The molecule has 0 radical (unpaired) electrons. The first kappa shape index (κ1) is 17.8. The summed E-state index contributed by atoms with van der Waals surface area (Å²) < 4.78 is 2.01. The van der Waals surface area contributed by atoms with Gasteiger partial charge in [-0.3, -0.25) is 4.99 Å². The zero-order valence-corrected chi connectivity index (χ0v) is 14.9. The quantitative estimate of drug-likeness (QED) is 0.460. The smallest absolute Gasteiger partial charge is 0.191 e. The Morgan fingerprint density at radius 3 is 2.57 bits per heavy atom. The zero-order chi connectivity index (χ0) is 16.5. The normalized spacial score (nSPS) is 18.8. The van der Waals surface area contributed by atoms with Crippen molar-refractivity contribution in [2.75, 3.05) is 13.1 Å². The highest BCUT2D eigenvalue weighted by molar-refractivity contribution is 5.80. The molecule has 1 saturated carbocycles. The highest BCUT2D eigenvalue weighted by Gasteiger charge is 2.27. The van der Waals surface area contributed by atoms with Gasteiger partial charge in [-0.25, -0.2) is 0 Å². The Morgan fingerprint density at radius 1 is 1.22 bits per heavy atom. The first-order valence-electron chi connectivity index (χ1n) is 8.96. The molecule has 6 heteroatoms. The minimum atomic E-state index is 0.510. The number of nitrogens with zero attached hydrogens (tertiary/aromatic N) is 4. The van der Waals surface area contributed by atoms with Gasteiger partial charge in [-0.1, -0.05) is 13.8 Å². The SMILES string of the molecule is CCNC(=NCCCCn1cnnc1)NC1CCC(C)(C)CC1. The van der Waals surface area contributed by atoms with E-state index in [9.17, 15) is 0 Å². The molecule has 0 atom stereocenters. The maximum atomic E-state index is 4.72. The van der Waals surface area contributed by atoms with Crippen molar-refractivity contribution >= 4 is 5.96 Å². The molecule has 1 aliphatic carbocycles. The molecule has 6 nitrogen and oxygen atoms in total. The lowest BCUT2D eigenvalue weighted by atomic mass is 9.75. The van der Waals surface area contributed by atoms with Gasteiger partial charge < -0.3 is 15.2 Å². The van der Waals surface area contributed by atoms with Crippen LogP contribution in [0.4, 0.5) is 0 Å². The molecule has 1 aromatic rings. The molecular formula is C17H32N6. The van der Waals surface area contributed by atoms with Crippen molar-refractivity contribution in [1.82, 2.24) is 25.4 Å². The molecule has 0 bridgehead atoms. The minimum Gasteiger partial charge on any atom is -0.357 e. The molecule has 1 aliphatic rings. The second-order valence-corrected chi connectivity index (χ2v) is 7.25. The van der Waals surface area contributed by atoms with Crippen molar-refractivity contribution in [3.63, 3.8) is 0 Å². The predicted octanol–water partition coefficient (Wildman–Crippen LogP) is 2.58. The first-order chi connectivity index (χ1) is 11.1. The third kappa shape index (κ3) is 6.59. The van der Waals surface area contributed by atoms with Crippen molar-refractivity contribution < 1.29 is 0 Å². The summed E-state index contributed by atoms with van der Waals surface area (Å²) in [5.74, 6) is 0.974. The van der Waals surface area contributed by atoms with Gasteiger partial charge in [0.2, 0.25) is 0 Å². The number of hydrogen-bond donors (Lipinski definition) is 2. The number of unbranched alkanes of at least 4 members (excludes halogenated alkanes) is 1. The Bertz CT molecular complexity index is 455. The van der Waals surface area contributed by atoms with E-state index in [2.05, 4.69) is 41.6 Å². The number of rotatable bonds is 7. The summed E-state index contributed by atoms with van der Waals surface area (Å²) in [6.07, 6.45) is 10.8. The van der Waals surface area contributed by atoms with Gasteiger partial charge in [-0.05, 0) is 50.9 Å². The van der Waals surface area contributed by atoms with E-state index in [-0.39, 0.29) is 0 Å². The van der Waals surface area contributed by atoms with Crippen LogP contribution < -0.4 is 10.6 Å². The number of nitrogens with one attached hydrogen (secondary N) is 2. The largest absolute Gasteiger partial charge is 0.357 e. The molecule has 23 heavy (non-hydrogen) atoms. The lowest BCUT2D eigenvalue weighted by Crippen LogP contribution is -2.45. The fourth-order valence-electron chi connectivity index (χ4n) is 2.99. The van der Waals surface area contributed by atoms with Crippen LogP contribution >= 0.6 is 0 Å². The summed E-state index contributed by atoms with van der Waals surface area (Å²) in [7, 11) is 0. The van der Waals surface area contributed by atoms with Gasteiger partial charge in [0.15, 0.2) is 5.96 Å². The molecule has 0 unspecified atom stereocenters. The van der Waals surface area contributed by atoms with Gasteiger partial charge in [0.25, 0.3) is 0 Å². The van der Waals surface area contributed by atoms with Crippen LogP contribution in [0.2, 0.25) is 0 Å². The van der Waals surface area contributed by atoms with Crippen LogP contribution in [0.15, 0.2) is 17.6 Å². The lowest BCUT2D eigenvalue weighted by molar-refractivity contribution is 0.216. The highest BCUT2D eigenvalue weighted by Crippen LogP contribution is 2.34. The first-order valence-corrected chi connectivity index (χ1v) is 8.96. The van der Waals surface area contributed by atoms with Crippen molar-refractivity contribution in [3.8, 4) is 0 Å². The molecule has 0 spiro atoms. The van der Waals surface area contributed by atoms with E-state index >= 15 is 0 Å². The Balaban J connectivity index is 1.69. The average Bonchev–Trinajstić information content (AvgIpc) is 3.02. The van der Waals surface area contributed by atoms with Crippen LogP contribution in [0.5, 0.6) is 0 Å². The minimum absolute atomic E-state index is 0.510. The van der Waals surface area contributed by atoms with Gasteiger partial charge in [0.05, 0.1) is 0 Å². The predicted molar refractivity (Wildman–Crippen MR) is 94.4 cm³/mol. The molecular weight excluding hydrogens is 288 g/mol. The van der Waals surface area contributed by atoms with E-state index in [0.717, 1.165) is 38.4 Å². The van der Waals surface area contributed by atoms with E-state index in [4.69, 9.17) is 4.99 Å². The van der Waals surface area contributed by atoms with Gasteiger partial charge >= 0.3 is 0 Å². The van der Waals surface area contributed by atoms with E-state index < -0.39 is 0 Å². The molecule has 0 saturated heterocycles. The maximum absolute atomic E-state index is 4.72. The molecule has 2 N–H and O–H groups in total. The molecule has 0 aliphatic heterocycles. The van der Waals surface area contributed by atoms with Gasteiger partial charge in [-0.15, -0.1) is 10.2 Å². The van der Waals surface area contributed by atoms with Crippen LogP contribution in [0.25, 0.3) is 0 Å². The van der Waals surface area contributed by atoms with Crippen LogP contribution in [0, 0.1) is 5.41 Å². The summed E-state index contributed by atoms with van der Waals surface area (Å²) in [5.41, 5.74) is 0.510. The zero-order valence-electron chi connectivity index (χ0n) is 14.9. The third-order valence-corrected chi connectivity index (χ3v) is 4.59. The standard InChI is InChI=1S/C17H32N6/c1-4-18-16(22-15-7-9-17(2,3)10-8-15)19-11-5-6-12-23-13-20-21-14-23/h13-15H,4-12H2,1-3H3,(H2,18,19,22). The Labute approximate surface area is 140 Å². The molecule has 1 fully saturated rings. The number of aromatic nitrogens is 3. The highest BCUT2D eigenvalue weighted by atomic mass is 15.2. The number of hydrogen-bond acceptors (Lipinski definition) is 3. The summed E-state index contributed by atoms with van der Waals surface area (Å²) in [6, 6.07) is 0.567. The topological polar surface area (TPSA) is 67.1 Å². The summed E-state index contributed by atoms with van der Waals surface area (Å²) >= 11 is 0. The number of aryl methyl sites for hydroxylation is 1. The van der Waals surface area contributed by atoms with E-state index in [1.165, 1.54) is 25.7 Å². The van der Waals surface area contributed by atoms with Crippen LogP contribution in [-0.2, 0) is 6.54 Å². The second kappa shape index (κ2) is 8.89. The molecule has 0 aromatic carbocycles. The lowest BCUT2D eigenvalue weighted by Gasteiger charge is -2.35. The Hall–Kier alpha value is -1.59. The van der Waals surface area contributed by atoms with Gasteiger partial charge in [0.1, 0.15) is 12.7 Å². The fraction of sp³-hybridized carbons (Fsp3) is 0.824. The average molecular weight is 320 g/mol. The Morgan fingerprint density at radius 2 is 1.91 bits per heavy atom. The third-order valence-electron chi connectivity index (χ3n) is 4.59. The molecule has 2 rings (SSSR count). The van der Waals surface area contributed by atoms with Crippen molar-refractivity contribution in [1.29, 1.82) is 0 Å². The van der Waals surface area contributed by atoms with Crippen molar-refractivity contribution in [2.45, 2.75) is 71.9 Å². The van der Waals surface area contributed by atoms with E-state index in [1.54, 1.807) is 12.7 Å². The Kier molecular flexibility index (Phi) is 6.86. The number of guanidine groups is 1. The summed E-state index contributed by atoms with van der Waals surface area (Å²) in [4.78, 5) is 4.72. The fourth-order valence-corrected chi connectivity index (χ4v) is 2.99. The number of aliphatic imine (C=N–C) groups is 1. The van der Waals surface area contributed by atoms with E-state index in [1.807, 2.05) is 4.57 Å². The van der Waals surface area contributed by atoms with Crippen molar-refractivity contribution in [3.05, 3.63) is 12.7 Å². The molecule has 1 aromatic heterocycles. The maximum Gasteiger partial charge on any atom is 0.191 e. The molecule has 1 heterocycles. The van der Waals surface area contributed by atoms with Gasteiger partial charge in [0, 0.05) is 25.7 Å². The van der Waals surface area contributed by atoms with E-state index in [0.29, 0.717) is 11.5 Å². The molecule has 0 amide bonds. The monoisotopic (exact) mass is 320 g/mol. The van der Waals surface area contributed by atoms with Crippen molar-refractivity contribution in [2.24, 2.45) is 10.4 Å².